The van der Waals surface area contributed by atoms with E-state index in [1.165, 1.54) is 42.6 Å². The van der Waals surface area contributed by atoms with Crippen molar-refractivity contribution in [2.45, 2.75) is 64.5 Å². The van der Waals surface area contributed by atoms with Gasteiger partial charge in [-0.15, -0.1) is 0 Å². The molecule has 1 N–H and O–H groups in total. The summed E-state index contributed by atoms with van der Waals surface area (Å²) in [5, 5.41) is 10.0. The molecule has 0 radical (unpaired) electrons. The molecule has 17 heavy (non-hydrogen) atoms. The molecule has 1 aromatic heterocycles. The van der Waals surface area contributed by atoms with Gasteiger partial charge in [-0.1, -0.05) is 12.8 Å². The topological polar surface area (TPSA) is 25.2 Å². The summed E-state index contributed by atoms with van der Waals surface area (Å²) in [6, 6.07) is 2.20. The quantitative estimate of drug-likeness (QED) is 0.847. The van der Waals surface area contributed by atoms with E-state index < -0.39 is 0 Å². The van der Waals surface area contributed by atoms with E-state index in [1.807, 2.05) is 0 Å². The standard InChI is InChI=1S/C15H23NO/c1-11-10-13-14(5-2-6-15(13)17)16(11)9-3-4-12-7-8-12/h10,12,15,17H,2-9H2,1H3. The molecular formula is C15H23NO. The van der Waals surface area contributed by atoms with Gasteiger partial charge in [-0.3, -0.25) is 0 Å². The number of hydrogen-bond acceptors (Lipinski definition) is 1. The third-order valence-corrected chi connectivity index (χ3v) is 4.39. The van der Waals surface area contributed by atoms with Crippen molar-refractivity contribution in [3.8, 4) is 0 Å². The molecule has 0 saturated heterocycles. The Hall–Kier alpha value is -0.760. The van der Waals surface area contributed by atoms with E-state index in [4.69, 9.17) is 0 Å². The maximum absolute atomic E-state index is 10.0. The molecular weight excluding hydrogens is 210 g/mol. The Morgan fingerprint density at radius 2 is 2.18 bits per heavy atom. The van der Waals surface area contributed by atoms with Crippen LogP contribution in [0.1, 0.15) is 61.6 Å². The molecule has 2 aliphatic rings. The Morgan fingerprint density at radius 1 is 1.35 bits per heavy atom. The van der Waals surface area contributed by atoms with Crippen LogP contribution in [0.15, 0.2) is 6.07 Å². The van der Waals surface area contributed by atoms with Gasteiger partial charge in [0.1, 0.15) is 0 Å². The Kier molecular flexibility index (Phi) is 2.99. The zero-order chi connectivity index (χ0) is 11.8. The first-order chi connectivity index (χ1) is 8.25. The van der Waals surface area contributed by atoms with E-state index in [0.717, 1.165) is 31.7 Å². The first-order valence-corrected chi connectivity index (χ1v) is 7.12. The highest BCUT2D eigenvalue weighted by Gasteiger charge is 2.24. The summed E-state index contributed by atoms with van der Waals surface area (Å²) in [5.41, 5.74) is 3.96. The van der Waals surface area contributed by atoms with Crippen molar-refractivity contribution in [3.05, 3.63) is 23.0 Å². The van der Waals surface area contributed by atoms with Gasteiger partial charge in [0.2, 0.25) is 0 Å². The highest BCUT2D eigenvalue weighted by molar-refractivity contribution is 5.31. The van der Waals surface area contributed by atoms with Crippen LogP contribution in [0.25, 0.3) is 0 Å². The average Bonchev–Trinajstić information content (AvgIpc) is 3.06. The summed E-state index contributed by atoms with van der Waals surface area (Å²) in [4.78, 5) is 0. The Balaban J connectivity index is 1.73. The minimum Gasteiger partial charge on any atom is -0.388 e. The van der Waals surface area contributed by atoms with Crippen LogP contribution in [0.2, 0.25) is 0 Å². The lowest BCUT2D eigenvalue weighted by molar-refractivity contribution is 0.155. The molecule has 0 bridgehead atoms. The van der Waals surface area contributed by atoms with Crippen molar-refractivity contribution in [1.82, 2.24) is 4.57 Å². The normalized spacial score (nSPS) is 23.8. The molecule has 1 fully saturated rings. The molecule has 3 rings (SSSR count). The van der Waals surface area contributed by atoms with E-state index in [1.54, 1.807) is 0 Å². The molecule has 2 nitrogen and oxygen atoms in total. The Labute approximate surface area is 104 Å². The fourth-order valence-corrected chi connectivity index (χ4v) is 3.20. The van der Waals surface area contributed by atoms with Gasteiger partial charge in [0.25, 0.3) is 0 Å². The molecule has 1 atom stereocenters. The van der Waals surface area contributed by atoms with Crippen LogP contribution in [0.5, 0.6) is 0 Å². The maximum Gasteiger partial charge on any atom is 0.0807 e. The molecule has 0 amide bonds. The molecule has 1 aromatic rings. The van der Waals surface area contributed by atoms with Gasteiger partial charge < -0.3 is 9.67 Å². The number of fused-ring (bicyclic) bond motifs is 1. The van der Waals surface area contributed by atoms with Crippen LogP contribution in [0.4, 0.5) is 0 Å². The minimum absolute atomic E-state index is 0.206. The minimum atomic E-state index is -0.206. The van der Waals surface area contributed by atoms with Crippen LogP contribution in [0, 0.1) is 12.8 Å². The van der Waals surface area contributed by atoms with Gasteiger partial charge in [0.05, 0.1) is 6.10 Å². The fraction of sp³-hybridized carbons (Fsp3) is 0.733. The molecule has 0 spiro atoms. The Morgan fingerprint density at radius 3 is 2.94 bits per heavy atom. The summed E-state index contributed by atoms with van der Waals surface area (Å²) in [6.07, 6.45) is 8.66. The summed E-state index contributed by atoms with van der Waals surface area (Å²) in [7, 11) is 0. The Bertz CT molecular complexity index is 403. The number of aryl methyl sites for hydroxylation is 1. The highest BCUT2D eigenvalue weighted by atomic mass is 16.3. The third-order valence-electron chi connectivity index (χ3n) is 4.39. The lowest BCUT2D eigenvalue weighted by Crippen LogP contribution is -2.12. The van der Waals surface area contributed by atoms with Crippen molar-refractivity contribution >= 4 is 0 Å². The average molecular weight is 233 g/mol. The number of hydrogen-bond donors (Lipinski definition) is 1. The van der Waals surface area contributed by atoms with Crippen molar-refractivity contribution in [2.24, 2.45) is 5.92 Å². The molecule has 1 unspecified atom stereocenters. The molecule has 1 saturated carbocycles. The van der Waals surface area contributed by atoms with E-state index in [9.17, 15) is 5.11 Å². The van der Waals surface area contributed by atoms with Gasteiger partial charge in [0.15, 0.2) is 0 Å². The van der Waals surface area contributed by atoms with Crippen LogP contribution in [0.3, 0.4) is 0 Å². The van der Waals surface area contributed by atoms with Crippen molar-refractivity contribution in [2.75, 3.05) is 0 Å². The van der Waals surface area contributed by atoms with Gasteiger partial charge in [-0.05, 0) is 51.0 Å². The smallest absolute Gasteiger partial charge is 0.0807 e. The van der Waals surface area contributed by atoms with Crippen molar-refractivity contribution < 1.29 is 5.11 Å². The van der Waals surface area contributed by atoms with Gasteiger partial charge >= 0.3 is 0 Å². The number of aliphatic hydroxyl groups excluding tert-OH is 1. The number of aliphatic hydroxyl groups is 1. The number of aromatic nitrogens is 1. The summed E-state index contributed by atoms with van der Waals surface area (Å²) < 4.78 is 2.46. The van der Waals surface area contributed by atoms with E-state index in [-0.39, 0.29) is 6.10 Å². The second-order valence-corrected chi connectivity index (χ2v) is 5.83. The van der Waals surface area contributed by atoms with E-state index >= 15 is 0 Å². The molecule has 2 heteroatoms. The van der Waals surface area contributed by atoms with Crippen LogP contribution >= 0.6 is 0 Å². The van der Waals surface area contributed by atoms with Gasteiger partial charge in [-0.2, -0.15) is 0 Å². The largest absolute Gasteiger partial charge is 0.388 e. The van der Waals surface area contributed by atoms with Crippen LogP contribution in [-0.2, 0) is 13.0 Å². The molecule has 94 valence electrons. The fourth-order valence-electron chi connectivity index (χ4n) is 3.20. The molecule has 0 aliphatic heterocycles. The van der Waals surface area contributed by atoms with Gasteiger partial charge in [-0.25, -0.2) is 0 Å². The van der Waals surface area contributed by atoms with Crippen molar-refractivity contribution in [1.29, 1.82) is 0 Å². The lowest BCUT2D eigenvalue weighted by atomic mass is 9.95. The second-order valence-electron chi connectivity index (χ2n) is 5.83. The van der Waals surface area contributed by atoms with Crippen molar-refractivity contribution in [3.63, 3.8) is 0 Å². The second kappa shape index (κ2) is 4.49. The van der Waals surface area contributed by atoms with Gasteiger partial charge in [0, 0.05) is 23.5 Å². The van der Waals surface area contributed by atoms with Crippen LogP contribution < -0.4 is 0 Å². The first-order valence-electron chi connectivity index (χ1n) is 7.12. The molecule has 1 heterocycles. The van der Waals surface area contributed by atoms with E-state index in [0.29, 0.717) is 0 Å². The maximum atomic E-state index is 10.0. The predicted molar refractivity (Wildman–Crippen MR) is 69.0 cm³/mol. The molecule has 2 aliphatic carbocycles. The number of rotatable bonds is 4. The first kappa shape index (κ1) is 11.3. The summed E-state index contributed by atoms with van der Waals surface area (Å²) in [5.74, 6) is 1.03. The SMILES string of the molecule is Cc1cc2c(n1CCCC1CC1)CCCC2O. The third kappa shape index (κ3) is 2.28. The monoisotopic (exact) mass is 233 g/mol. The summed E-state index contributed by atoms with van der Waals surface area (Å²) in [6.45, 7) is 3.34. The summed E-state index contributed by atoms with van der Waals surface area (Å²) >= 11 is 0. The van der Waals surface area contributed by atoms with Crippen LogP contribution in [-0.4, -0.2) is 9.67 Å². The highest BCUT2D eigenvalue weighted by Crippen LogP contribution is 2.35. The predicted octanol–water partition coefficient (Wildman–Crippen LogP) is 3.36. The molecule has 0 aromatic carbocycles. The van der Waals surface area contributed by atoms with E-state index in [2.05, 4.69) is 17.6 Å². The number of nitrogens with zero attached hydrogens (tertiary/aromatic N) is 1. The zero-order valence-electron chi connectivity index (χ0n) is 10.8. The zero-order valence-corrected chi connectivity index (χ0v) is 10.8. The lowest BCUT2D eigenvalue weighted by Gasteiger charge is -2.20.